The minimum absolute atomic E-state index is 0.0560. The van der Waals surface area contributed by atoms with Gasteiger partial charge in [-0.25, -0.2) is 0 Å². The Bertz CT molecular complexity index is 519. The van der Waals surface area contributed by atoms with Crippen LogP contribution in [0.2, 0.25) is 0 Å². The van der Waals surface area contributed by atoms with E-state index in [0.717, 1.165) is 11.8 Å². The van der Waals surface area contributed by atoms with E-state index in [1.54, 1.807) is 0 Å². The standard InChI is InChI=1S/C12H10O4S/c13-4-5-17-10-6-9(15)7-2-1-3-8(14)11(7)12(10)16/h1-3,6,13-14H,4-5H2. The minimum Gasteiger partial charge on any atom is -0.507 e. The van der Waals surface area contributed by atoms with E-state index in [1.807, 2.05) is 0 Å². The van der Waals surface area contributed by atoms with Crippen LogP contribution in [0.4, 0.5) is 0 Å². The summed E-state index contributed by atoms with van der Waals surface area (Å²) < 4.78 is 0. The second-order valence-corrected chi connectivity index (χ2v) is 4.61. The summed E-state index contributed by atoms with van der Waals surface area (Å²) in [4.78, 5) is 24.0. The van der Waals surface area contributed by atoms with E-state index in [2.05, 4.69) is 0 Å². The van der Waals surface area contributed by atoms with Crippen molar-refractivity contribution in [1.29, 1.82) is 0 Å². The van der Waals surface area contributed by atoms with Gasteiger partial charge in [-0.05, 0) is 6.07 Å². The first-order valence-corrected chi connectivity index (χ1v) is 6.00. The Hall–Kier alpha value is -1.59. The zero-order valence-corrected chi connectivity index (χ0v) is 9.66. The maximum Gasteiger partial charge on any atom is 0.203 e. The number of allylic oxidation sites excluding steroid dienone is 2. The van der Waals surface area contributed by atoms with Gasteiger partial charge in [0, 0.05) is 17.4 Å². The number of ketones is 2. The fourth-order valence-electron chi connectivity index (χ4n) is 1.63. The van der Waals surface area contributed by atoms with Crippen molar-refractivity contribution >= 4 is 23.3 Å². The molecule has 0 aromatic heterocycles. The smallest absolute Gasteiger partial charge is 0.203 e. The van der Waals surface area contributed by atoms with Gasteiger partial charge in [0.15, 0.2) is 5.78 Å². The number of aliphatic hydroxyl groups excluding tert-OH is 1. The molecule has 0 aliphatic heterocycles. The summed E-state index contributed by atoms with van der Waals surface area (Å²) in [7, 11) is 0. The van der Waals surface area contributed by atoms with Crippen LogP contribution in [0.25, 0.3) is 0 Å². The number of aliphatic hydroxyl groups is 1. The van der Waals surface area contributed by atoms with Crippen LogP contribution in [0.15, 0.2) is 29.2 Å². The van der Waals surface area contributed by atoms with Gasteiger partial charge in [0.05, 0.1) is 17.1 Å². The first kappa shape index (κ1) is 11.9. The van der Waals surface area contributed by atoms with Crippen LogP contribution in [0.3, 0.4) is 0 Å². The molecule has 2 rings (SSSR count). The lowest BCUT2D eigenvalue weighted by atomic mass is 9.94. The predicted molar refractivity (Wildman–Crippen MR) is 64.4 cm³/mol. The molecule has 0 heterocycles. The monoisotopic (exact) mass is 250 g/mol. The lowest BCUT2D eigenvalue weighted by Crippen LogP contribution is -2.16. The van der Waals surface area contributed by atoms with Crippen molar-refractivity contribution in [2.45, 2.75) is 0 Å². The van der Waals surface area contributed by atoms with Crippen LogP contribution >= 0.6 is 11.8 Å². The third-order valence-electron chi connectivity index (χ3n) is 2.37. The van der Waals surface area contributed by atoms with Crippen LogP contribution in [0.1, 0.15) is 20.7 Å². The molecule has 1 aromatic carbocycles. The predicted octanol–water partition coefficient (Wildman–Crippen LogP) is 1.38. The summed E-state index contributed by atoms with van der Waals surface area (Å²) in [5.74, 6) is -0.503. The first-order valence-electron chi connectivity index (χ1n) is 5.01. The third kappa shape index (κ3) is 2.11. The van der Waals surface area contributed by atoms with E-state index < -0.39 is 0 Å². The summed E-state index contributed by atoms with van der Waals surface area (Å²) in [6.45, 7) is -0.0723. The maximum absolute atomic E-state index is 12.0. The van der Waals surface area contributed by atoms with Gasteiger partial charge in [-0.1, -0.05) is 12.1 Å². The van der Waals surface area contributed by atoms with Crippen molar-refractivity contribution in [3.8, 4) is 5.75 Å². The maximum atomic E-state index is 12.0. The average molecular weight is 250 g/mol. The molecule has 0 saturated heterocycles. The number of aromatic hydroxyl groups is 1. The normalized spacial score (nSPS) is 14.5. The Balaban J connectivity index is 2.44. The van der Waals surface area contributed by atoms with Crippen molar-refractivity contribution in [1.82, 2.24) is 0 Å². The Morgan fingerprint density at radius 3 is 2.71 bits per heavy atom. The van der Waals surface area contributed by atoms with Crippen molar-refractivity contribution in [2.75, 3.05) is 12.4 Å². The Morgan fingerprint density at radius 1 is 1.24 bits per heavy atom. The molecular formula is C12H10O4S. The first-order chi connectivity index (χ1) is 8.15. The number of Topliss-reactive ketones (excluding diaryl/α,β-unsaturated/α-hetero) is 1. The molecule has 0 fully saturated rings. The van der Waals surface area contributed by atoms with Crippen LogP contribution in [-0.2, 0) is 0 Å². The van der Waals surface area contributed by atoms with Crippen molar-refractivity contribution in [3.05, 3.63) is 40.3 Å². The lowest BCUT2D eigenvalue weighted by Gasteiger charge is -2.15. The van der Waals surface area contributed by atoms with Crippen LogP contribution < -0.4 is 0 Å². The molecule has 0 amide bonds. The molecule has 5 heteroatoms. The summed E-state index contributed by atoms with van der Waals surface area (Å²) >= 11 is 1.11. The molecule has 0 unspecified atom stereocenters. The van der Waals surface area contributed by atoms with Gasteiger partial charge < -0.3 is 10.2 Å². The summed E-state index contributed by atoms with van der Waals surface area (Å²) in [6.07, 6.45) is 1.25. The number of carbonyl (C=O) groups excluding carboxylic acids is 2. The largest absolute Gasteiger partial charge is 0.507 e. The van der Waals surface area contributed by atoms with Crippen molar-refractivity contribution in [2.24, 2.45) is 0 Å². The average Bonchev–Trinajstić information content (AvgIpc) is 2.32. The molecule has 1 aliphatic rings. The lowest BCUT2D eigenvalue weighted by molar-refractivity contribution is 0.0988. The molecule has 0 radical (unpaired) electrons. The van der Waals surface area contributed by atoms with Gasteiger partial charge >= 0.3 is 0 Å². The minimum atomic E-state index is -0.365. The highest BCUT2D eigenvalue weighted by molar-refractivity contribution is 8.04. The SMILES string of the molecule is O=C1C=C(SCCO)C(=O)c2c(O)cccc21. The second kappa shape index (κ2) is 4.73. The Morgan fingerprint density at radius 2 is 2.00 bits per heavy atom. The third-order valence-corrected chi connectivity index (χ3v) is 3.37. The van der Waals surface area contributed by atoms with E-state index in [1.165, 1.54) is 24.3 Å². The molecule has 0 spiro atoms. The molecule has 0 atom stereocenters. The summed E-state index contributed by atoms with van der Waals surface area (Å²) in [6, 6.07) is 4.42. The van der Waals surface area contributed by atoms with E-state index in [4.69, 9.17) is 5.11 Å². The number of hydrogen-bond acceptors (Lipinski definition) is 5. The van der Waals surface area contributed by atoms with Crippen LogP contribution in [0.5, 0.6) is 5.75 Å². The number of benzene rings is 1. The number of rotatable bonds is 3. The summed E-state index contributed by atoms with van der Waals surface area (Å²) in [5.41, 5.74) is 0.281. The van der Waals surface area contributed by atoms with Crippen LogP contribution in [0, 0.1) is 0 Å². The van der Waals surface area contributed by atoms with Crippen LogP contribution in [-0.4, -0.2) is 34.1 Å². The topological polar surface area (TPSA) is 74.6 Å². The number of fused-ring (bicyclic) bond motifs is 1. The van der Waals surface area contributed by atoms with E-state index >= 15 is 0 Å². The van der Waals surface area contributed by atoms with Gasteiger partial charge in [0.1, 0.15) is 5.75 Å². The van der Waals surface area contributed by atoms with Crippen molar-refractivity contribution < 1.29 is 19.8 Å². The number of phenolic OH excluding ortho intramolecular Hbond substituents is 1. The highest BCUT2D eigenvalue weighted by atomic mass is 32.2. The quantitative estimate of drug-likeness (QED) is 0.847. The molecule has 88 valence electrons. The summed E-state index contributed by atoms with van der Waals surface area (Å²) in [5, 5.41) is 18.3. The van der Waals surface area contributed by atoms with E-state index in [-0.39, 0.29) is 40.0 Å². The molecule has 0 bridgehead atoms. The number of thioether (sulfide) groups is 1. The van der Waals surface area contributed by atoms with E-state index in [9.17, 15) is 14.7 Å². The van der Waals surface area contributed by atoms with E-state index in [0.29, 0.717) is 5.75 Å². The molecule has 1 aliphatic carbocycles. The zero-order valence-electron chi connectivity index (χ0n) is 8.84. The molecule has 17 heavy (non-hydrogen) atoms. The fourth-order valence-corrected chi connectivity index (χ4v) is 2.37. The van der Waals surface area contributed by atoms with Gasteiger partial charge in [-0.15, -0.1) is 11.8 Å². The molecular weight excluding hydrogens is 240 g/mol. The fraction of sp³-hybridized carbons (Fsp3) is 0.167. The highest BCUT2D eigenvalue weighted by Crippen LogP contribution is 2.32. The van der Waals surface area contributed by atoms with Gasteiger partial charge in [-0.3, -0.25) is 9.59 Å². The van der Waals surface area contributed by atoms with Gasteiger partial charge in [-0.2, -0.15) is 0 Å². The van der Waals surface area contributed by atoms with Gasteiger partial charge in [0.25, 0.3) is 0 Å². The molecule has 0 saturated carbocycles. The Kier molecular flexibility index (Phi) is 3.31. The van der Waals surface area contributed by atoms with Crippen molar-refractivity contribution in [3.63, 3.8) is 0 Å². The molecule has 2 N–H and O–H groups in total. The number of hydrogen-bond donors (Lipinski definition) is 2. The highest BCUT2D eigenvalue weighted by Gasteiger charge is 2.28. The van der Waals surface area contributed by atoms with Gasteiger partial charge in [0.2, 0.25) is 5.78 Å². The number of phenols is 1. The molecule has 1 aromatic rings. The number of carbonyl (C=O) groups is 2. The molecule has 4 nitrogen and oxygen atoms in total. The second-order valence-electron chi connectivity index (χ2n) is 3.47. The Labute approximate surface area is 102 Å². The zero-order chi connectivity index (χ0) is 12.4.